The normalized spacial score (nSPS) is 10.1. The highest BCUT2D eigenvalue weighted by Crippen LogP contribution is 2.16. The standard InChI is InChI=1S/C16H17NO5/c1-11-13(7-8-21-11)16(19)22-10-15(18)17-9-12-5-3-4-6-14(12)20-2/h3-8H,9-10H2,1-2H3,(H,17,18). The number of esters is 1. The Kier molecular flexibility index (Phi) is 5.19. The highest BCUT2D eigenvalue weighted by molar-refractivity contribution is 5.92. The second kappa shape index (κ2) is 7.31. The Morgan fingerprint density at radius 2 is 2.00 bits per heavy atom. The van der Waals surface area contributed by atoms with Crippen LogP contribution in [0.15, 0.2) is 41.0 Å². The lowest BCUT2D eigenvalue weighted by molar-refractivity contribution is -0.124. The minimum Gasteiger partial charge on any atom is -0.496 e. The lowest BCUT2D eigenvalue weighted by atomic mass is 10.2. The van der Waals surface area contributed by atoms with Gasteiger partial charge in [0.05, 0.1) is 13.4 Å². The largest absolute Gasteiger partial charge is 0.496 e. The van der Waals surface area contributed by atoms with Gasteiger partial charge in [0.15, 0.2) is 6.61 Å². The number of benzene rings is 1. The molecule has 1 aromatic heterocycles. The first-order chi connectivity index (χ1) is 10.6. The van der Waals surface area contributed by atoms with Crippen LogP contribution < -0.4 is 10.1 Å². The van der Waals surface area contributed by atoms with Gasteiger partial charge in [0.2, 0.25) is 0 Å². The van der Waals surface area contributed by atoms with Crippen molar-refractivity contribution < 1.29 is 23.5 Å². The van der Waals surface area contributed by atoms with Crippen LogP contribution in [0.2, 0.25) is 0 Å². The third kappa shape index (κ3) is 3.88. The van der Waals surface area contributed by atoms with Gasteiger partial charge in [-0.2, -0.15) is 0 Å². The molecule has 6 heteroatoms. The second-order valence-electron chi connectivity index (χ2n) is 4.56. The zero-order valence-corrected chi connectivity index (χ0v) is 12.4. The smallest absolute Gasteiger partial charge is 0.342 e. The molecule has 0 spiro atoms. The van der Waals surface area contributed by atoms with Crippen molar-refractivity contribution in [3.63, 3.8) is 0 Å². The lowest BCUT2D eigenvalue weighted by Gasteiger charge is -2.09. The number of aryl methyl sites for hydroxylation is 1. The van der Waals surface area contributed by atoms with Gasteiger partial charge >= 0.3 is 5.97 Å². The monoisotopic (exact) mass is 303 g/mol. The predicted molar refractivity (Wildman–Crippen MR) is 78.6 cm³/mol. The number of amides is 1. The predicted octanol–water partition coefficient (Wildman–Crippen LogP) is 2.07. The van der Waals surface area contributed by atoms with E-state index in [2.05, 4.69) is 5.32 Å². The highest BCUT2D eigenvalue weighted by Gasteiger charge is 2.14. The second-order valence-corrected chi connectivity index (χ2v) is 4.56. The van der Waals surface area contributed by atoms with Gasteiger partial charge in [-0.25, -0.2) is 4.79 Å². The maximum absolute atomic E-state index is 11.7. The first-order valence-electron chi connectivity index (χ1n) is 6.71. The fourth-order valence-corrected chi connectivity index (χ4v) is 1.90. The molecule has 0 aliphatic carbocycles. The van der Waals surface area contributed by atoms with E-state index in [1.54, 1.807) is 14.0 Å². The summed E-state index contributed by atoms with van der Waals surface area (Å²) >= 11 is 0. The summed E-state index contributed by atoms with van der Waals surface area (Å²) in [6.45, 7) is 1.60. The molecule has 0 unspecified atom stereocenters. The Morgan fingerprint density at radius 3 is 2.68 bits per heavy atom. The van der Waals surface area contributed by atoms with Crippen molar-refractivity contribution >= 4 is 11.9 Å². The first kappa shape index (κ1) is 15.6. The molecule has 0 aliphatic heterocycles. The molecule has 0 atom stereocenters. The Balaban J connectivity index is 1.81. The topological polar surface area (TPSA) is 77.8 Å². The Morgan fingerprint density at radius 1 is 1.23 bits per heavy atom. The number of hydrogen-bond donors (Lipinski definition) is 1. The SMILES string of the molecule is COc1ccccc1CNC(=O)COC(=O)c1ccoc1C. The zero-order chi connectivity index (χ0) is 15.9. The van der Waals surface area contributed by atoms with Crippen molar-refractivity contribution in [2.45, 2.75) is 13.5 Å². The summed E-state index contributed by atoms with van der Waals surface area (Å²) < 4.78 is 15.1. The summed E-state index contributed by atoms with van der Waals surface area (Å²) in [6, 6.07) is 8.86. The number of rotatable bonds is 6. The van der Waals surface area contributed by atoms with Crippen LogP contribution in [-0.2, 0) is 16.1 Å². The molecule has 2 rings (SSSR count). The van der Waals surface area contributed by atoms with Crippen LogP contribution in [0, 0.1) is 6.92 Å². The first-order valence-corrected chi connectivity index (χ1v) is 6.71. The van der Waals surface area contributed by atoms with Crippen LogP contribution in [0.5, 0.6) is 5.75 Å². The number of ether oxygens (including phenoxy) is 2. The van der Waals surface area contributed by atoms with E-state index in [1.807, 2.05) is 24.3 Å². The molecule has 1 N–H and O–H groups in total. The Hall–Kier alpha value is -2.76. The van der Waals surface area contributed by atoms with E-state index >= 15 is 0 Å². The summed E-state index contributed by atoms with van der Waals surface area (Å²) in [5.74, 6) is 0.173. The third-order valence-corrected chi connectivity index (χ3v) is 3.08. The van der Waals surface area contributed by atoms with Gasteiger partial charge in [0, 0.05) is 12.1 Å². The van der Waals surface area contributed by atoms with Crippen molar-refractivity contribution in [2.75, 3.05) is 13.7 Å². The number of carbonyl (C=O) groups is 2. The number of nitrogens with one attached hydrogen (secondary N) is 1. The summed E-state index contributed by atoms with van der Waals surface area (Å²) in [5.41, 5.74) is 1.16. The van der Waals surface area contributed by atoms with Crippen LogP contribution in [0.1, 0.15) is 21.7 Å². The van der Waals surface area contributed by atoms with E-state index in [1.165, 1.54) is 12.3 Å². The molecule has 0 fully saturated rings. The summed E-state index contributed by atoms with van der Waals surface area (Å²) in [7, 11) is 1.57. The van der Waals surface area contributed by atoms with Crippen molar-refractivity contribution in [2.24, 2.45) is 0 Å². The average molecular weight is 303 g/mol. The van der Waals surface area contributed by atoms with Crippen LogP contribution in [0.4, 0.5) is 0 Å². The van der Waals surface area contributed by atoms with Gasteiger partial charge in [0.25, 0.3) is 5.91 Å². The van der Waals surface area contributed by atoms with Gasteiger partial charge in [-0.05, 0) is 19.1 Å². The minimum absolute atomic E-state index is 0.297. The summed E-state index contributed by atoms with van der Waals surface area (Å²) in [5, 5.41) is 2.67. The molecule has 1 amide bonds. The van der Waals surface area contributed by atoms with E-state index in [0.29, 0.717) is 23.6 Å². The van der Waals surface area contributed by atoms with Crippen molar-refractivity contribution in [1.29, 1.82) is 0 Å². The maximum Gasteiger partial charge on any atom is 0.342 e. The zero-order valence-electron chi connectivity index (χ0n) is 12.4. The quantitative estimate of drug-likeness (QED) is 0.827. The molecule has 116 valence electrons. The number of methoxy groups -OCH3 is 1. The van der Waals surface area contributed by atoms with Gasteiger partial charge in [0.1, 0.15) is 17.1 Å². The molecule has 0 saturated heterocycles. The Labute approximate surface area is 128 Å². The number of para-hydroxylation sites is 1. The Bertz CT molecular complexity index is 662. The molecule has 0 bridgehead atoms. The third-order valence-electron chi connectivity index (χ3n) is 3.08. The summed E-state index contributed by atoms with van der Waals surface area (Å²) in [4.78, 5) is 23.4. The summed E-state index contributed by atoms with van der Waals surface area (Å²) in [6.07, 6.45) is 1.40. The van der Waals surface area contributed by atoms with Crippen molar-refractivity contribution in [3.8, 4) is 5.75 Å². The fraction of sp³-hybridized carbons (Fsp3) is 0.250. The van der Waals surface area contributed by atoms with E-state index in [9.17, 15) is 9.59 Å². The van der Waals surface area contributed by atoms with E-state index in [-0.39, 0.29) is 12.5 Å². The van der Waals surface area contributed by atoms with Crippen LogP contribution in [0.3, 0.4) is 0 Å². The van der Waals surface area contributed by atoms with E-state index in [0.717, 1.165) is 5.56 Å². The fourth-order valence-electron chi connectivity index (χ4n) is 1.90. The average Bonchev–Trinajstić information content (AvgIpc) is 2.97. The molecule has 0 saturated carbocycles. The van der Waals surface area contributed by atoms with Crippen LogP contribution >= 0.6 is 0 Å². The van der Waals surface area contributed by atoms with Gasteiger partial charge in [-0.15, -0.1) is 0 Å². The number of furan rings is 1. The molecule has 22 heavy (non-hydrogen) atoms. The van der Waals surface area contributed by atoms with E-state index < -0.39 is 5.97 Å². The molecule has 1 aromatic carbocycles. The molecule has 2 aromatic rings. The molecule has 1 heterocycles. The van der Waals surface area contributed by atoms with Crippen LogP contribution in [0.25, 0.3) is 0 Å². The van der Waals surface area contributed by atoms with Gasteiger partial charge in [-0.3, -0.25) is 4.79 Å². The number of carbonyl (C=O) groups excluding carboxylic acids is 2. The van der Waals surface area contributed by atoms with Gasteiger partial charge in [-0.1, -0.05) is 18.2 Å². The molecule has 0 radical (unpaired) electrons. The minimum atomic E-state index is -0.585. The van der Waals surface area contributed by atoms with Crippen molar-refractivity contribution in [1.82, 2.24) is 5.32 Å². The lowest BCUT2D eigenvalue weighted by Crippen LogP contribution is -2.28. The van der Waals surface area contributed by atoms with E-state index in [4.69, 9.17) is 13.9 Å². The highest BCUT2D eigenvalue weighted by atomic mass is 16.5. The van der Waals surface area contributed by atoms with Crippen molar-refractivity contribution in [3.05, 3.63) is 53.5 Å². The van der Waals surface area contributed by atoms with Crippen LogP contribution in [-0.4, -0.2) is 25.6 Å². The molecular formula is C16H17NO5. The molecular weight excluding hydrogens is 286 g/mol. The molecule has 0 aliphatic rings. The molecule has 6 nitrogen and oxygen atoms in total. The maximum atomic E-state index is 11.7. The number of hydrogen-bond acceptors (Lipinski definition) is 5. The van der Waals surface area contributed by atoms with Gasteiger partial charge < -0.3 is 19.2 Å².